The number of hydrogen-bond acceptors (Lipinski definition) is 9. The molecule has 0 aliphatic carbocycles. The third kappa shape index (κ3) is 10.3. The SMILES string of the molecule is CC(O)C(NC(=O)C(CO)NC(=O)C(CCCCN)NC(=O)C(N)Cc1ccc(O)cc1)C(=O)O. The number of nitrogens with one attached hydrogen (secondary N) is 3. The predicted molar refractivity (Wildman–Crippen MR) is 125 cm³/mol. The van der Waals surface area contributed by atoms with Crippen LogP contribution in [-0.4, -0.2) is 87.5 Å². The molecule has 1 aromatic rings. The molecule has 35 heavy (non-hydrogen) atoms. The number of amides is 3. The average Bonchev–Trinajstić information content (AvgIpc) is 2.80. The summed E-state index contributed by atoms with van der Waals surface area (Å²) in [7, 11) is 0. The monoisotopic (exact) mass is 497 g/mol. The molecule has 0 bridgehead atoms. The Morgan fingerprint density at radius 1 is 0.943 bits per heavy atom. The van der Waals surface area contributed by atoms with Crippen molar-refractivity contribution in [1.29, 1.82) is 0 Å². The van der Waals surface area contributed by atoms with E-state index in [-0.39, 0.29) is 18.6 Å². The van der Waals surface area contributed by atoms with Gasteiger partial charge in [0.1, 0.15) is 17.8 Å². The van der Waals surface area contributed by atoms with Crippen molar-refractivity contribution in [3.05, 3.63) is 29.8 Å². The van der Waals surface area contributed by atoms with E-state index in [0.717, 1.165) is 6.92 Å². The minimum absolute atomic E-state index is 0.0639. The van der Waals surface area contributed by atoms with Crippen LogP contribution in [0.25, 0.3) is 0 Å². The molecule has 13 heteroatoms. The number of phenols is 1. The fraction of sp³-hybridized carbons (Fsp3) is 0.545. The summed E-state index contributed by atoms with van der Waals surface area (Å²) in [4.78, 5) is 49.0. The maximum Gasteiger partial charge on any atom is 0.328 e. The molecule has 3 amide bonds. The molecular formula is C22H35N5O8. The smallest absolute Gasteiger partial charge is 0.328 e. The summed E-state index contributed by atoms with van der Waals surface area (Å²) >= 11 is 0. The van der Waals surface area contributed by atoms with Crippen LogP contribution in [0.3, 0.4) is 0 Å². The van der Waals surface area contributed by atoms with E-state index in [0.29, 0.717) is 24.9 Å². The van der Waals surface area contributed by atoms with Crippen molar-refractivity contribution in [3.8, 4) is 5.75 Å². The minimum atomic E-state index is -1.65. The van der Waals surface area contributed by atoms with Gasteiger partial charge in [0.25, 0.3) is 0 Å². The highest BCUT2D eigenvalue weighted by atomic mass is 16.4. The summed E-state index contributed by atoms with van der Waals surface area (Å²) < 4.78 is 0. The van der Waals surface area contributed by atoms with E-state index in [9.17, 15) is 34.5 Å². The highest BCUT2D eigenvalue weighted by molar-refractivity contribution is 5.94. The van der Waals surface area contributed by atoms with Gasteiger partial charge in [-0.2, -0.15) is 0 Å². The third-order valence-corrected chi connectivity index (χ3v) is 5.17. The lowest BCUT2D eigenvalue weighted by Crippen LogP contribution is -2.59. The van der Waals surface area contributed by atoms with Crippen LogP contribution in [0.4, 0.5) is 0 Å². The molecule has 5 atom stereocenters. The standard InChI is InChI=1S/C22H35N5O8/c1-12(29)18(22(34)35)27-21(33)17(11-28)26-20(32)16(4-2-3-9-23)25-19(31)15(24)10-13-5-7-14(30)8-6-13/h5-8,12,15-18,28-30H,2-4,9-11,23-24H2,1H3,(H,25,31)(H,26,32)(H,27,33)(H,34,35). The number of aliphatic hydroxyl groups excluding tert-OH is 2. The van der Waals surface area contributed by atoms with Gasteiger partial charge in [0, 0.05) is 0 Å². The normalized spacial score (nSPS) is 15.2. The van der Waals surface area contributed by atoms with E-state index in [4.69, 9.17) is 16.6 Å². The molecule has 0 aliphatic rings. The number of carbonyl (C=O) groups excluding carboxylic acids is 3. The lowest BCUT2D eigenvalue weighted by atomic mass is 10.0. The van der Waals surface area contributed by atoms with Gasteiger partial charge >= 0.3 is 5.97 Å². The van der Waals surface area contributed by atoms with Gasteiger partial charge in [0.2, 0.25) is 17.7 Å². The van der Waals surface area contributed by atoms with Crippen molar-refractivity contribution in [2.24, 2.45) is 11.5 Å². The molecule has 0 aromatic heterocycles. The van der Waals surface area contributed by atoms with Crippen molar-refractivity contribution in [2.75, 3.05) is 13.2 Å². The number of unbranched alkanes of at least 4 members (excludes halogenated alkanes) is 1. The Balaban J connectivity index is 2.86. The molecule has 13 nitrogen and oxygen atoms in total. The first-order chi connectivity index (χ1) is 16.5. The summed E-state index contributed by atoms with van der Waals surface area (Å²) in [6, 6.07) is 0.837. The van der Waals surface area contributed by atoms with Gasteiger partial charge < -0.3 is 47.8 Å². The topological polar surface area (TPSA) is 237 Å². The largest absolute Gasteiger partial charge is 0.508 e. The van der Waals surface area contributed by atoms with E-state index in [1.54, 1.807) is 12.1 Å². The zero-order valence-electron chi connectivity index (χ0n) is 19.5. The summed E-state index contributed by atoms with van der Waals surface area (Å²) in [6.07, 6.45) is -0.0732. The molecule has 0 aliphatic heterocycles. The number of phenolic OH excluding ortho intramolecular Hbond substituents is 1. The van der Waals surface area contributed by atoms with Crippen molar-refractivity contribution in [3.63, 3.8) is 0 Å². The number of carboxylic acids is 1. The third-order valence-electron chi connectivity index (χ3n) is 5.17. The number of aromatic hydroxyl groups is 1. The van der Waals surface area contributed by atoms with Crippen molar-refractivity contribution in [1.82, 2.24) is 16.0 Å². The molecule has 0 spiro atoms. The summed E-state index contributed by atoms with van der Waals surface area (Å²) in [5, 5.41) is 44.4. The van der Waals surface area contributed by atoms with Crippen LogP contribution in [0.1, 0.15) is 31.7 Å². The van der Waals surface area contributed by atoms with E-state index in [2.05, 4.69) is 10.6 Å². The van der Waals surface area contributed by atoms with Crippen LogP contribution in [0, 0.1) is 0 Å². The molecular weight excluding hydrogens is 462 g/mol. The van der Waals surface area contributed by atoms with Gasteiger partial charge in [-0.3, -0.25) is 14.4 Å². The Morgan fingerprint density at radius 3 is 2.03 bits per heavy atom. The second kappa shape index (κ2) is 14.9. The molecule has 1 rings (SSSR count). The molecule has 5 unspecified atom stereocenters. The number of carboxylic acid groups (broad SMARTS) is 1. The molecule has 0 fully saturated rings. The highest BCUT2D eigenvalue weighted by Crippen LogP contribution is 2.11. The van der Waals surface area contributed by atoms with Crippen LogP contribution in [0.2, 0.25) is 0 Å². The maximum absolute atomic E-state index is 12.8. The Morgan fingerprint density at radius 2 is 1.51 bits per heavy atom. The average molecular weight is 498 g/mol. The Bertz CT molecular complexity index is 849. The van der Waals surface area contributed by atoms with Crippen molar-refractivity contribution in [2.45, 2.75) is 62.9 Å². The molecule has 196 valence electrons. The van der Waals surface area contributed by atoms with Gasteiger partial charge in [0.15, 0.2) is 6.04 Å². The summed E-state index contributed by atoms with van der Waals surface area (Å²) in [5.41, 5.74) is 12.2. The second-order valence-corrected chi connectivity index (χ2v) is 8.13. The summed E-state index contributed by atoms with van der Waals surface area (Å²) in [6.45, 7) is 0.670. The van der Waals surface area contributed by atoms with Gasteiger partial charge in [0.05, 0.1) is 18.8 Å². The molecule has 0 radical (unpaired) electrons. The van der Waals surface area contributed by atoms with Crippen molar-refractivity contribution >= 4 is 23.7 Å². The quantitative estimate of drug-likeness (QED) is 0.114. The summed E-state index contributed by atoms with van der Waals surface area (Å²) in [5.74, 6) is -3.87. The van der Waals surface area contributed by atoms with Gasteiger partial charge in [-0.15, -0.1) is 0 Å². The first kappa shape index (κ1) is 29.8. The molecule has 0 saturated heterocycles. The van der Waals surface area contributed by atoms with E-state index in [1.807, 2.05) is 5.32 Å². The lowest BCUT2D eigenvalue weighted by molar-refractivity contribution is -0.145. The zero-order chi connectivity index (χ0) is 26.5. The Labute approximate surface area is 202 Å². The second-order valence-electron chi connectivity index (χ2n) is 8.13. The minimum Gasteiger partial charge on any atom is -0.508 e. The van der Waals surface area contributed by atoms with E-state index >= 15 is 0 Å². The van der Waals surface area contributed by atoms with E-state index in [1.165, 1.54) is 12.1 Å². The van der Waals surface area contributed by atoms with Gasteiger partial charge in [-0.05, 0) is 56.8 Å². The van der Waals surface area contributed by atoms with Gasteiger partial charge in [-0.1, -0.05) is 12.1 Å². The number of benzene rings is 1. The Kier molecular flexibility index (Phi) is 12.7. The number of carbonyl (C=O) groups is 4. The van der Waals surface area contributed by atoms with Crippen molar-refractivity contribution < 1.29 is 39.6 Å². The van der Waals surface area contributed by atoms with Crippen LogP contribution >= 0.6 is 0 Å². The number of nitrogens with two attached hydrogens (primary N) is 2. The van der Waals surface area contributed by atoms with Crippen LogP contribution in [-0.2, 0) is 25.6 Å². The first-order valence-electron chi connectivity index (χ1n) is 11.2. The predicted octanol–water partition coefficient (Wildman–Crippen LogP) is -2.70. The molecule has 11 N–H and O–H groups in total. The first-order valence-corrected chi connectivity index (χ1v) is 11.2. The number of rotatable bonds is 15. The van der Waals surface area contributed by atoms with Crippen LogP contribution in [0.5, 0.6) is 5.75 Å². The fourth-order valence-electron chi connectivity index (χ4n) is 3.13. The fourth-order valence-corrected chi connectivity index (χ4v) is 3.13. The number of hydrogen-bond donors (Lipinski definition) is 9. The van der Waals surface area contributed by atoms with Crippen LogP contribution < -0.4 is 27.4 Å². The van der Waals surface area contributed by atoms with E-state index < -0.39 is 60.6 Å². The van der Waals surface area contributed by atoms with Gasteiger partial charge in [-0.25, -0.2) is 4.79 Å². The van der Waals surface area contributed by atoms with Crippen LogP contribution in [0.15, 0.2) is 24.3 Å². The molecule has 0 saturated carbocycles. The number of aliphatic carboxylic acids is 1. The zero-order valence-corrected chi connectivity index (χ0v) is 19.5. The molecule has 0 heterocycles. The lowest BCUT2D eigenvalue weighted by Gasteiger charge is -2.25. The maximum atomic E-state index is 12.8. The molecule has 1 aromatic carbocycles. The highest BCUT2D eigenvalue weighted by Gasteiger charge is 2.31. The Hall–Kier alpha value is -3.26. The number of aliphatic hydroxyl groups is 2.